The lowest BCUT2D eigenvalue weighted by molar-refractivity contribution is 0.363. The van der Waals surface area contributed by atoms with Crippen molar-refractivity contribution in [1.29, 1.82) is 0 Å². The van der Waals surface area contributed by atoms with Gasteiger partial charge in [-0.1, -0.05) is 32.9 Å². The summed E-state index contributed by atoms with van der Waals surface area (Å²) in [7, 11) is 1.72. The largest absolute Gasteiger partial charge is 0.495 e. The topological polar surface area (TPSA) is 66.1 Å². The van der Waals surface area contributed by atoms with Crippen molar-refractivity contribution >= 4 is 35.6 Å². The molecule has 3 rings (SSSR count). The zero-order valence-corrected chi connectivity index (χ0v) is 21.0. The number of nitrogens with zero attached hydrogens (tertiary/aromatic N) is 4. The second kappa shape index (κ2) is 10.9. The number of halogens is 1. The highest BCUT2D eigenvalue weighted by Gasteiger charge is 2.22. The van der Waals surface area contributed by atoms with Crippen LogP contribution in [0.4, 0.5) is 5.69 Å². The van der Waals surface area contributed by atoms with Crippen LogP contribution in [-0.4, -0.2) is 55.7 Å². The maximum Gasteiger partial charge on any atom is 0.216 e. The summed E-state index contributed by atoms with van der Waals surface area (Å²) in [6.45, 7) is 13.3. The number of methoxy groups -OCH3 is 1. The van der Waals surface area contributed by atoms with Crippen LogP contribution in [0.2, 0.25) is 0 Å². The van der Waals surface area contributed by atoms with Crippen LogP contribution >= 0.6 is 24.0 Å². The number of piperazine rings is 1. The van der Waals surface area contributed by atoms with Crippen LogP contribution in [0.3, 0.4) is 0 Å². The summed E-state index contributed by atoms with van der Waals surface area (Å²) in [5.74, 6) is 3.36. The molecule has 2 heterocycles. The molecule has 1 aromatic heterocycles. The van der Waals surface area contributed by atoms with Gasteiger partial charge in [0.25, 0.3) is 0 Å². The smallest absolute Gasteiger partial charge is 0.216 e. The highest BCUT2D eigenvalue weighted by Crippen LogP contribution is 2.28. The number of ether oxygens (including phenoxy) is 1. The maximum absolute atomic E-state index is 5.88. The first kappa shape index (κ1) is 24.3. The predicted molar refractivity (Wildman–Crippen MR) is 132 cm³/mol. The van der Waals surface area contributed by atoms with E-state index >= 15 is 0 Å². The molecule has 1 aliphatic rings. The Balaban J connectivity index is 0.00000320. The SMILES string of the molecule is CCNC(=NCc1ncc(C(C)(C)C)o1)N1CCN(c2ccccc2OC)CC1.I. The van der Waals surface area contributed by atoms with Crippen molar-refractivity contribution in [3.05, 3.63) is 42.1 Å². The fraction of sp³-hybridized carbons (Fsp3) is 0.545. The average molecular weight is 527 g/mol. The number of hydrogen-bond acceptors (Lipinski definition) is 5. The van der Waals surface area contributed by atoms with E-state index in [1.54, 1.807) is 7.11 Å². The second-order valence-corrected chi connectivity index (χ2v) is 8.18. The van der Waals surface area contributed by atoms with Gasteiger partial charge in [-0.2, -0.15) is 0 Å². The third-order valence-corrected chi connectivity index (χ3v) is 5.00. The molecule has 30 heavy (non-hydrogen) atoms. The van der Waals surface area contributed by atoms with E-state index < -0.39 is 0 Å². The molecule has 1 fully saturated rings. The van der Waals surface area contributed by atoms with Crippen molar-refractivity contribution in [2.75, 3.05) is 44.7 Å². The van der Waals surface area contributed by atoms with E-state index in [4.69, 9.17) is 14.1 Å². The van der Waals surface area contributed by atoms with Gasteiger partial charge in [-0.05, 0) is 19.1 Å². The molecule has 1 saturated heterocycles. The normalized spacial score (nSPS) is 15.0. The number of benzene rings is 1. The van der Waals surface area contributed by atoms with Crippen LogP contribution in [0.5, 0.6) is 5.75 Å². The number of aromatic nitrogens is 1. The zero-order chi connectivity index (χ0) is 20.9. The summed E-state index contributed by atoms with van der Waals surface area (Å²) in [5.41, 5.74) is 1.10. The van der Waals surface area contributed by atoms with Gasteiger partial charge in [-0.3, -0.25) is 0 Å². The van der Waals surface area contributed by atoms with E-state index in [0.29, 0.717) is 12.4 Å². The van der Waals surface area contributed by atoms with Gasteiger partial charge >= 0.3 is 0 Å². The molecule has 0 unspecified atom stereocenters. The summed E-state index contributed by atoms with van der Waals surface area (Å²) >= 11 is 0. The first-order valence-corrected chi connectivity index (χ1v) is 10.3. The summed E-state index contributed by atoms with van der Waals surface area (Å²) in [6.07, 6.45) is 1.81. The highest BCUT2D eigenvalue weighted by molar-refractivity contribution is 14.0. The lowest BCUT2D eigenvalue weighted by Crippen LogP contribution is -2.52. The minimum atomic E-state index is -0.0473. The zero-order valence-electron chi connectivity index (χ0n) is 18.6. The first-order valence-electron chi connectivity index (χ1n) is 10.3. The molecule has 8 heteroatoms. The molecule has 0 bridgehead atoms. The molecule has 2 aromatic rings. The molecule has 0 spiro atoms. The third kappa shape index (κ3) is 6.02. The Morgan fingerprint density at radius 2 is 1.90 bits per heavy atom. The highest BCUT2D eigenvalue weighted by atomic mass is 127. The van der Waals surface area contributed by atoms with E-state index in [0.717, 1.165) is 55.9 Å². The molecule has 1 aliphatic heterocycles. The van der Waals surface area contributed by atoms with E-state index in [9.17, 15) is 0 Å². The van der Waals surface area contributed by atoms with Crippen LogP contribution in [0.25, 0.3) is 0 Å². The van der Waals surface area contributed by atoms with Crippen LogP contribution in [-0.2, 0) is 12.0 Å². The standard InChI is InChI=1S/C22H33N5O2.HI/c1-6-23-21(25-16-20-24-15-19(29-20)22(2,3)4)27-13-11-26(12-14-27)17-9-7-8-10-18(17)28-5;/h7-10,15H,6,11-14,16H2,1-5H3,(H,23,25);1H. The van der Waals surface area contributed by atoms with Crippen LogP contribution in [0.15, 0.2) is 39.9 Å². The Morgan fingerprint density at radius 3 is 2.50 bits per heavy atom. The van der Waals surface area contributed by atoms with E-state index in [1.807, 2.05) is 18.3 Å². The summed E-state index contributed by atoms with van der Waals surface area (Å²) in [6, 6.07) is 8.18. The Hall–Kier alpha value is -1.97. The van der Waals surface area contributed by atoms with Gasteiger partial charge in [0, 0.05) is 38.1 Å². The monoisotopic (exact) mass is 527 g/mol. The molecule has 166 valence electrons. The Morgan fingerprint density at radius 1 is 1.20 bits per heavy atom. The van der Waals surface area contributed by atoms with E-state index in [-0.39, 0.29) is 29.4 Å². The number of anilines is 1. The van der Waals surface area contributed by atoms with Gasteiger partial charge < -0.3 is 24.3 Å². The van der Waals surface area contributed by atoms with Gasteiger partial charge in [0.15, 0.2) is 5.96 Å². The number of rotatable bonds is 5. The van der Waals surface area contributed by atoms with Crippen molar-refractivity contribution in [2.24, 2.45) is 4.99 Å². The molecule has 0 aliphatic carbocycles. The quantitative estimate of drug-likeness (QED) is 0.362. The van der Waals surface area contributed by atoms with Gasteiger partial charge in [0.1, 0.15) is 18.1 Å². The van der Waals surface area contributed by atoms with E-state index in [2.05, 4.69) is 59.9 Å². The number of para-hydroxylation sites is 2. The first-order chi connectivity index (χ1) is 13.9. The molecule has 0 radical (unpaired) electrons. The number of oxazole rings is 1. The minimum absolute atomic E-state index is 0. The number of aliphatic imine (C=N–C) groups is 1. The molecule has 1 aromatic carbocycles. The summed E-state index contributed by atoms with van der Waals surface area (Å²) in [5, 5.41) is 3.40. The van der Waals surface area contributed by atoms with Crippen LogP contribution in [0.1, 0.15) is 39.3 Å². The van der Waals surface area contributed by atoms with Crippen LogP contribution < -0.4 is 15.0 Å². The van der Waals surface area contributed by atoms with E-state index in [1.165, 1.54) is 0 Å². The second-order valence-electron chi connectivity index (χ2n) is 8.18. The lowest BCUT2D eigenvalue weighted by Gasteiger charge is -2.38. The van der Waals surface area contributed by atoms with Crippen molar-refractivity contribution in [3.63, 3.8) is 0 Å². The molecule has 7 nitrogen and oxygen atoms in total. The molecule has 0 amide bonds. The van der Waals surface area contributed by atoms with Crippen molar-refractivity contribution in [3.8, 4) is 5.75 Å². The van der Waals surface area contributed by atoms with Crippen molar-refractivity contribution < 1.29 is 9.15 Å². The molecule has 1 N–H and O–H groups in total. The third-order valence-electron chi connectivity index (χ3n) is 5.00. The number of guanidine groups is 1. The fourth-order valence-corrected chi connectivity index (χ4v) is 3.35. The van der Waals surface area contributed by atoms with Gasteiger partial charge in [0.2, 0.25) is 5.89 Å². The number of nitrogens with one attached hydrogen (secondary N) is 1. The predicted octanol–water partition coefficient (Wildman–Crippen LogP) is 3.89. The number of hydrogen-bond donors (Lipinski definition) is 1. The molecular formula is C22H34IN5O2. The Kier molecular flexibility index (Phi) is 8.81. The van der Waals surface area contributed by atoms with Crippen molar-refractivity contribution in [2.45, 2.75) is 39.7 Å². The van der Waals surface area contributed by atoms with Crippen LogP contribution in [0, 0.1) is 0 Å². The Bertz CT molecular complexity index is 823. The fourth-order valence-electron chi connectivity index (χ4n) is 3.35. The molecule has 0 atom stereocenters. The van der Waals surface area contributed by atoms with Gasteiger partial charge in [-0.25, -0.2) is 9.98 Å². The average Bonchev–Trinajstić information content (AvgIpc) is 3.21. The summed E-state index contributed by atoms with van der Waals surface area (Å²) in [4.78, 5) is 13.8. The lowest BCUT2D eigenvalue weighted by atomic mass is 9.94. The molecular weight excluding hydrogens is 493 g/mol. The van der Waals surface area contributed by atoms with Crippen molar-refractivity contribution in [1.82, 2.24) is 15.2 Å². The van der Waals surface area contributed by atoms with Gasteiger partial charge in [-0.15, -0.1) is 24.0 Å². The minimum Gasteiger partial charge on any atom is -0.495 e. The Labute approximate surface area is 196 Å². The summed E-state index contributed by atoms with van der Waals surface area (Å²) < 4.78 is 11.4. The van der Waals surface area contributed by atoms with Gasteiger partial charge in [0.05, 0.1) is 19.0 Å². The molecule has 0 saturated carbocycles. The maximum atomic E-state index is 5.88.